The maximum Gasteiger partial charge on any atom is 0.138 e. The van der Waals surface area contributed by atoms with Crippen LogP contribution < -0.4 is 0 Å². The monoisotopic (exact) mass is 612 g/mol. The van der Waals surface area contributed by atoms with Crippen molar-refractivity contribution in [2.24, 2.45) is 0 Å². The first-order chi connectivity index (χ1) is 23.8. The summed E-state index contributed by atoms with van der Waals surface area (Å²) in [7, 11) is 0. The van der Waals surface area contributed by atoms with Crippen LogP contribution in [-0.2, 0) is 0 Å². The zero-order chi connectivity index (χ0) is 31.6. The van der Waals surface area contributed by atoms with Crippen LogP contribution in [-0.4, -0.2) is 19.1 Å². The van der Waals surface area contributed by atoms with Gasteiger partial charge < -0.3 is 0 Å². The Kier molecular flexibility index (Phi) is 5.84. The fraction of sp³-hybridized carbons (Fsp3) is 0. The molecule has 10 aromatic rings. The third-order valence-electron chi connectivity index (χ3n) is 9.53. The zero-order valence-corrected chi connectivity index (χ0v) is 26.0. The molecule has 4 aromatic heterocycles. The van der Waals surface area contributed by atoms with Gasteiger partial charge in [-0.15, -0.1) is 0 Å². The van der Waals surface area contributed by atoms with Crippen LogP contribution in [0.1, 0.15) is 0 Å². The summed E-state index contributed by atoms with van der Waals surface area (Å²) in [5, 5.41) is 7.35. The molecule has 48 heavy (non-hydrogen) atoms. The number of hydrogen-bond donors (Lipinski definition) is 0. The minimum absolute atomic E-state index is 0.906. The molecule has 10 rings (SSSR count). The molecule has 4 heteroatoms. The van der Waals surface area contributed by atoms with Gasteiger partial charge in [-0.25, -0.2) is 9.97 Å². The molecule has 0 aliphatic heterocycles. The second kappa shape index (κ2) is 10.5. The average Bonchev–Trinajstić information content (AvgIpc) is 3.69. The molecule has 0 N–H and O–H groups in total. The van der Waals surface area contributed by atoms with Crippen LogP contribution >= 0.6 is 0 Å². The summed E-state index contributed by atoms with van der Waals surface area (Å²) >= 11 is 0. The van der Waals surface area contributed by atoms with Crippen LogP contribution in [0.3, 0.4) is 0 Å². The standard InChI is InChI=1S/C44H28N4/c1-3-13-29(14-4-1)35-19-11-23-41(45-35)47-37-21-9-7-17-33(37)43-31-26-28-40-44(32(31)25-27-39(43)47)34-18-8-10-22-38(34)48(40)42-24-12-20-36(46-42)30-15-5-2-6-16-30/h1-28H. The smallest absolute Gasteiger partial charge is 0.138 e. The van der Waals surface area contributed by atoms with E-state index in [-0.39, 0.29) is 0 Å². The third kappa shape index (κ3) is 3.96. The van der Waals surface area contributed by atoms with E-state index in [2.05, 4.69) is 167 Å². The van der Waals surface area contributed by atoms with Crippen LogP contribution in [0.4, 0.5) is 0 Å². The predicted octanol–water partition coefficient (Wildman–Crippen LogP) is 11.2. The van der Waals surface area contributed by atoms with Gasteiger partial charge in [0.15, 0.2) is 0 Å². The van der Waals surface area contributed by atoms with E-state index in [1.54, 1.807) is 0 Å². The normalized spacial score (nSPS) is 11.8. The highest BCUT2D eigenvalue weighted by molar-refractivity contribution is 6.29. The highest BCUT2D eigenvalue weighted by Crippen LogP contribution is 2.42. The molecular formula is C44H28N4. The Morgan fingerprint density at radius 3 is 1.17 bits per heavy atom. The molecule has 4 heterocycles. The summed E-state index contributed by atoms with van der Waals surface area (Å²) in [6.07, 6.45) is 0. The lowest BCUT2D eigenvalue weighted by Gasteiger charge is -2.11. The highest BCUT2D eigenvalue weighted by Gasteiger charge is 2.20. The molecule has 0 bridgehead atoms. The Morgan fingerprint density at radius 1 is 0.292 bits per heavy atom. The molecule has 0 unspecified atom stereocenters. The van der Waals surface area contributed by atoms with Gasteiger partial charge in [0, 0.05) is 32.7 Å². The fourth-order valence-electron chi connectivity index (χ4n) is 7.47. The van der Waals surface area contributed by atoms with E-state index in [9.17, 15) is 0 Å². The maximum atomic E-state index is 5.18. The number of rotatable bonds is 4. The van der Waals surface area contributed by atoms with E-state index < -0.39 is 0 Å². The summed E-state index contributed by atoms with van der Waals surface area (Å²) in [5.74, 6) is 1.81. The van der Waals surface area contributed by atoms with Gasteiger partial charge in [-0.3, -0.25) is 9.13 Å². The molecule has 0 spiro atoms. The molecule has 0 atom stereocenters. The van der Waals surface area contributed by atoms with Crippen LogP contribution in [0.15, 0.2) is 170 Å². The lowest BCUT2D eigenvalue weighted by atomic mass is 9.99. The van der Waals surface area contributed by atoms with E-state index in [1.165, 1.54) is 32.3 Å². The molecular weight excluding hydrogens is 585 g/mol. The van der Waals surface area contributed by atoms with Crippen molar-refractivity contribution in [1.29, 1.82) is 0 Å². The van der Waals surface area contributed by atoms with Gasteiger partial charge in [0.25, 0.3) is 0 Å². The third-order valence-corrected chi connectivity index (χ3v) is 9.53. The van der Waals surface area contributed by atoms with E-state index >= 15 is 0 Å². The number of fused-ring (bicyclic) bond motifs is 9. The van der Waals surface area contributed by atoms with Crippen molar-refractivity contribution >= 4 is 54.4 Å². The average molecular weight is 613 g/mol. The molecule has 0 amide bonds. The second-order valence-corrected chi connectivity index (χ2v) is 12.2. The SMILES string of the molecule is c1ccc(-c2cccc(-n3c4ccccc4c4c5ccc6c(c5ccc43)c3ccccc3n6-c3cccc(-c4ccccc4)n3)n2)cc1. The first kappa shape index (κ1) is 26.7. The van der Waals surface area contributed by atoms with E-state index in [4.69, 9.17) is 9.97 Å². The van der Waals surface area contributed by atoms with E-state index in [0.29, 0.717) is 0 Å². The lowest BCUT2D eigenvalue weighted by molar-refractivity contribution is 1.08. The van der Waals surface area contributed by atoms with Gasteiger partial charge in [0.2, 0.25) is 0 Å². The first-order valence-corrected chi connectivity index (χ1v) is 16.3. The van der Waals surface area contributed by atoms with E-state index in [1.807, 2.05) is 12.1 Å². The van der Waals surface area contributed by atoms with Crippen LogP contribution in [0.5, 0.6) is 0 Å². The molecule has 224 valence electrons. The van der Waals surface area contributed by atoms with Crippen molar-refractivity contribution in [1.82, 2.24) is 19.1 Å². The molecule has 0 radical (unpaired) electrons. The van der Waals surface area contributed by atoms with Crippen LogP contribution in [0.2, 0.25) is 0 Å². The summed E-state index contributed by atoms with van der Waals surface area (Å²) in [5.41, 5.74) is 8.69. The minimum Gasteiger partial charge on any atom is -0.294 e. The number of nitrogens with zero attached hydrogens (tertiary/aromatic N) is 4. The molecule has 0 aliphatic carbocycles. The Morgan fingerprint density at radius 2 is 0.708 bits per heavy atom. The van der Waals surface area contributed by atoms with Gasteiger partial charge in [-0.2, -0.15) is 0 Å². The fourth-order valence-corrected chi connectivity index (χ4v) is 7.47. The lowest BCUT2D eigenvalue weighted by Crippen LogP contribution is -1.98. The molecule has 6 aromatic carbocycles. The molecule has 0 fully saturated rings. The Hall–Kier alpha value is -6.52. The summed E-state index contributed by atoms with van der Waals surface area (Å²) in [6, 6.07) is 59.9. The quantitative estimate of drug-likeness (QED) is 0.198. The molecule has 0 aliphatic rings. The van der Waals surface area contributed by atoms with Crippen LogP contribution in [0, 0.1) is 0 Å². The Labute approximate surface area is 276 Å². The maximum absolute atomic E-state index is 5.18. The topological polar surface area (TPSA) is 35.6 Å². The number of pyridine rings is 2. The van der Waals surface area contributed by atoms with Gasteiger partial charge in [-0.05, 0) is 59.3 Å². The van der Waals surface area contributed by atoms with Crippen molar-refractivity contribution in [3.8, 4) is 34.2 Å². The minimum atomic E-state index is 0.906. The molecule has 0 saturated heterocycles. The number of para-hydroxylation sites is 2. The number of benzene rings is 6. The number of aromatic nitrogens is 4. The summed E-state index contributed by atoms with van der Waals surface area (Å²) in [4.78, 5) is 10.4. The predicted molar refractivity (Wildman–Crippen MR) is 199 cm³/mol. The summed E-state index contributed by atoms with van der Waals surface area (Å²) in [6.45, 7) is 0. The van der Waals surface area contributed by atoms with Gasteiger partial charge in [-0.1, -0.05) is 121 Å². The summed E-state index contributed by atoms with van der Waals surface area (Å²) < 4.78 is 4.62. The van der Waals surface area contributed by atoms with E-state index in [0.717, 1.165) is 56.2 Å². The first-order valence-electron chi connectivity index (χ1n) is 16.3. The van der Waals surface area contributed by atoms with Gasteiger partial charge in [0.1, 0.15) is 11.6 Å². The van der Waals surface area contributed by atoms with Crippen molar-refractivity contribution in [2.75, 3.05) is 0 Å². The molecule has 0 saturated carbocycles. The second-order valence-electron chi connectivity index (χ2n) is 12.2. The van der Waals surface area contributed by atoms with Gasteiger partial charge >= 0.3 is 0 Å². The Bertz CT molecular complexity index is 2630. The van der Waals surface area contributed by atoms with Crippen LogP contribution in [0.25, 0.3) is 88.5 Å². The van der Waals surface area contributed by atoms with Crippen molar-refractivity contribution < 1.29 is 0 Å². The Balaban J connectivity index is 1.25. The van der Waals surface area contributed by atoms with Gasteiger partial charge in [0.05, 0.1) is 33.5 Å². The largest absolute Gasteiger partial charge is 0.294 e. The van der Waals surface area contributed by atoms with Crippen molar-refractivity contribution in [3.05, 3.63) is 170 Å². The zero-order valence-electron chi connectivity index (χ0n) is 26.0. The number of hydrogen-bond acceptors (Lipinski definition) is 2. The molecule has 4 nitrogen and oxygen atoms in total. The highest BCUT2D eigenvalue weighted by atomic mass is 15.1. The van der Waals surface area contributed by atoms with Crippen molar-refractivity contribution in [3.63, 3.8) is 0 Å². The van der Waals surface area contributed by atoms with Crippen molar-refractivity contribution in [2.45, 2.75) is 0 Å².